The van der Waals surface area contributed by atoms with Crippen molar-refractivity contribution in [3.63, 3.8) is 0 Å². The van der Waals surface area contributed by atoms with E-state index in [1.807, 2.05) is 0 Å². The highest BCUT2D eigenvalue weighted by Crippen LogP contribution is 2.29. The van der Waals surface area contributed by atoms with E-state index in [1.54, 1.807) is 0 Å². The minimum absolute atomic E-state index is 0.319. The predicted molar refractivity (Wildman–Crippen MR) is 77.4 cm³/mol. The summed E-state index contributed by atoms with van der Waals surface area (Å²) in [5, 5.41) is 0. The molecule has 1 aliphatic rings. The Labute approximate surface area is 113 Å². The van der Waals surface area contributed by atoms with Crippen LogP contribution in [0.15, 0.2) is 0 Å². The van der Waals surface area contributed by atoms with Crippen molar-refractivity contribution >= 4 is 5.91 Å². The number of hydrogen-bond acceptors (Lipinski definition) is 1. The van der Waals surface area contributed by atoms with Gasteiger partial charge in [-0.1, -0.05) is 27.7 Å². The van der Waals surface area contributed by atoms with Gasteiger partial charge < -0.3 is 4.90 Å². The first-order chi connectivity index (χ1) is 8.54. The Morgan fingerprint density at radius 1 is 1.17 bits per heavy atom. The van der Waals surface area contributed by atoms with E-state index < -0.39 is 0 Å². The third-order valence-corrected chi connectivity index (χ3v) is 4.15. The normalized spacial score (nSPS) is 24.3. The number of carbonyl (C=O) groups excluding carboxylic acids is 1. The van der Waals surface area contributed by atoms with Crippen LogP contribution >= 0.6 is 0 Å². The number of nitrogens with zero attached hydrogens (tertiary/aromatic N) is 1. The fourth-order valence-electron chi connectivity index (χ4n) is 2.78. The maximum atomic E-state index is 12.5. The van der Waals surface area contributed by atoms with Gasteiger partial charge in [-0.25, -0.2) is 0 Å². The smallest absolute Gasteiger partial charge is 0.225 e. The lowest BCUT2D eigenvalue weighted by Crippen LogP contribution is -2.39. The Morgan fingerprint density at radius 3 is 2.28 bits per heavy atom. The van der Waals surface area contributed by atoms with Crippen molar-refractivity contribution in [2.24, 2.45) is 17.8 Å². The van der Waals surface area contributed by atoms with E-state index in [4.69, 9.17) is 0 Å². The van der Waals surface area contributed by atoms with Crippen molar-refractivity contribution < 1.29 is 4.79 Å². The van der Waals surface area contributed by atoms with Crippen LogP contribution in [0.4, 0.5) is 0 Å². The van der Waals surface area contributed by atoms with Crippen LogP contribution in [0.25, 0.3) is 0 Å². The van der Waals surface area contributed by atoms with Gasteiger partial charge in [0.25, 0.3) is 0 Å². The summed E-state index contributed by atoms with van der Waals surface area (Å²) in [5.74, 6) is 2.26. The molecule has 106 valence electrons. The van der Waals surface area contributed by atoms with Gasteiger partial charge >= 0.3 is 0 Å². The lowest BCUT2D eigenvalue weighted by Gasteiger charge is -2.31. The summed E-state index contributed by atoms with van der Waals surface area (Å²) in [7, 11) is 0. The van der Waals surface area contributed by atoms with Crippen LogP contribution in [-0.4, -0.2) is 23.9 Å². The zero-order valence-electron chi connectivity index (χ0n) is 12.7. The molecular formula is C16H31NO. The maximum Gasteiger partial charge on any atom is 0.225 e. The molecule has 0 radical (unpaired) electrons. The molecule has 0 spiro atoms. The highest BCUT2D eigenvalue weighted by atomic mass is 16.2. The first-order valence-corrected chi connectivity index (χ1v) is 7.83. The van der Waals surface area contributed by atoms with Gasteiger partial charge in [0.2, 0.25) is 5.91 Å². The lowest BCUT2D eigenvalue weighted by atomic mass is 9.82. The Hall–Kier alpha value is -0.530. The third kappa shape index (κ3) is 4.99. The molecular weight excluding hydrogens is 222 g/mol. The first-order valence-electron chi connectivity index (χ1n) is 7.83. The standard InChI is InChI=1S/C16H31NO/c1-5-11-17(12-10-13(2)3)16(18)15-8-6-14(4)7-9-15/h13-15H,5-12H2,1-4H3. The van der Waals surface area contributed by atoms with Crippen LogP contribution in [0, 0.1) is 17.8 Å². The minimum Gasteiger partial charge on any atom is -0.342 e. The molecule has 1 rings (SSSR count). The van der Waals surface area contributed by atoms with E-state index in [2.05, 4.69) is 32.6 Å². The van der Waals surface area contributed by atoms with Crippen molar-refractivity contribution in [2.45, 2.75) is 66.2 Å². The molecule has 0 unspecified atom stereocenters. The van der Waals surface area contributed by atoms with Crippen molar-refractivity contribution in [1.29, 1.82) is 0 Å². The maximum absolute atomic E-state index is 12.5. The van der Waals surface area contributed by atoms with Crippen LogP contribution < -0.4 is 0 Å². The number of amides is 1. The van der Waals surface area contributed by atoms with Gasteiger partial charge in [-0.05, 0) is 50.4 Å². The molecule has 0 atom stereocenters. The molecule has 1 saturated carbocycles. The Morgan fingerprint density at radius 2 is 1.78 bits per heavy atom. The van der Waals surface area contributed by atoms with Gasteiger partial charge in [0.05, 0.1) is 0 Å². The molecule has 0 aromatic heterocycles. The van der Waals surface area contributed by atoms with Crippen molar-refractivity contribution in [3.05, 3.63) is 0 Å². The van der Waals surface area contributed by atoms with Crippen LogP contribution in [-0.2, 0) is 4.79 Å². The Bertz CT molecular complexity index is 241. The second kappa shape index (κ2) is 7.81. The van der Waals surface area contributed by atoms with Gasteiger partial charge in [-0.3, -0.25) is 4.79 Å². The summed E-state index contributed by atoms with van der Waals surface area (Å²) in [6, 6.07) is 0. The van der Waals surface area contributed by atoms with Gasteiger partial charge in [-0.15, -0.1) is 0 Å². The number of hydrogen-bond donors (Lipinski definition) is 0. The van der Waals surface area contributed by atoms with E-state index in [1.165, 1.54) is 12.8 Å². The van der Waals surface area contributed by atoms with E-state index in [9.17, 15) is 4.79 Å². The largest absolute Gasteiger partial charge is 0.342 e. The first kappa shape index (κ1) is 15.5. The molecule has 0 N–H and O–H groups in total. The van der Waals surface area contributed by atoms with Gasteiger partial charge in [0.1, 0.15) is 0 Å². The van der Waals surface area contributed by atoms with Crippen LogP contribution in [0.1, 0.15) is 66.2 Å². The number of rotatable bonds is 6. The molecule has 0 bridgehead atoms. The molecule has 2 heteroatoms. The highest BCUT2D eigenvalue weighted by Gasteiger charge is 2.27. The van der Waals surface area contributed by atoms with E-state index >= 15 is 0 Å². The zero-order chi connectivity index (χ0) is 13.5. The van der Waals surface area contributed by atoms with Crippen molar-refractivity contribution in [2.75, 3.05) is 13.1 Å². The van der Waals surface area contributed by atoms with Crippen molar-refractivity contribution in [3.8, 4) is 0 Å². The van der Waals surface area contributed by atoms with Crippen LogP contribution in [0.3, 0.4) is 0 Å². The molecule has 1 fully saturated rings. The SMILES string of the molecule is CCCN(CCC(C)C)C(=O)C1CCC(C)CC1. The molecule has 0 aromatic rings. The fourth-order valence-corrected chi connectivity index (χ4v) is 2.78. The summed E-state index contributed by atoms with van der Waals surface area (Å²) in [6.07, 6.45) is 6.91. The van der Waals surface area contributed by atoms with Crippen LogP contribution in [0.5, 0.6) is 0 Å². The topological polar surface area (TPSA) is 20.3 Å². The summed E-state index contributed by atoms with van der Waals surface area (Å²) in [6.45, 7) is 10.8. The Kier molecular flexibility index (Phi) is 6.73. The molecule has 18 heavy (non-hydrogen) atoms. The summed E-state index contributed by atoms with van der Waals surface area (Å²) in [5.41, 5.74) is 0. The molecule has 0 saturated heterocycles. The van der Waals surface area contributed by atoms with Gasteiger partial charge in [-0.2, -0.15) is 0 Å². The fraction of sp³-hybridized carbons (Fsp3) is 0.938. The highest BCUT2D eigenvalue weighted by molar-refractivity contribution is 5.78. The zero-order valence-corrected chi connectivity index (χ0v) is 12.7. The second-order valence-electron chi connectivity index (χ2n) is 6.46. The molecule has 0 heterocycles. The molecule has 0 aromatic carbocycles. The average Bonchev–Trinajstić information content (AvgIpc) is 2.34. The van der Waals surface area contributed by atoms with Gasteiger partial charge in [0, 0.05) is 19.0 Å². The monoisotopic (exact) mass is 253 g/mol. The third-order valence-electron chi connectivity index (χ3n) is 4.15. The quantitative estimate of drug-likeness (QED) is 0.698. The van der Waals surface area contributed by atoms with E-state index in [0.29, 0.717) is 17.7 Å². The molecule has 2 nitrogen and oxygen atoms in total. The van der Waals surface area contributed by atoms with E-state index in [0.717, 1.165) is 44.7 Å². The molecule has 0 aliphatic heterocycles. The minimum atomic E-state index is 0.319. The number of carbonyl (C=O) groups is 1. The Balaban J connectivity index is 2.47. The lowest BCUT2D eigenvalue weighted by molar-refractivity contribution is -0.137. The summed E-state index contributed by atoms with van der Waals surface area (Å²) < 4.78 is 0. The summed E-state index contributed by atoms with van der Waals surface area (Å²) >= 11 is 0. The average molecular weight is 253 g/mol. The van der Waals surface area contributed by atoms with Crippen LogP contribution in [0.2, 0.25) is 0 Å². The summed E-state index contributed by atoms with van der Waals surface area (Å²) in [4.78, 5) is 14.7. The van der Waals surface area contributed by atoms with Gasteiger partial charge in [0.15, 0.2) is 0 Å². The van der Waals surface area contributed by atoms with E-state index in [-0.39, 0.29) is 0 Å². The predicted octanol–water partition coefficient (Wildman–Crippen LogP) is 4.10. The second-order valence-corrected chi connectivity index (χ2v) is 6.46. The van der Waals surface area contributed by atoms with Crippen molar-refractivity contribution in [1.82, 2.24) is 4.90 Å². The molecule has 1 aliphatic carbocycles. The molecule has 1 amide bonds.